The Bertz CT molecular complexity index is 474. The Morgan fingerprint density at radius 1 is 0.870 bits per heavy atom. The van der Waals surface area contributed by atoms with E-state index in [0.717, 1.165) is 18.4 Å². The molecule has 0 atom stereocenters. The summed E-state index contributed by atoms with van der Waals surface area (Å²) in [6.45, 7) is 2.93. The molecule has 2 amide bonds. The molecule has 0 radical (unpaired) electrons. The molecule has 0 aliphatic heterocycles. The maximum atomic E-state index is 12.8. The fraction of sp³-hybridized carbons (Fsp3) is 0.556. The monoisotopic (exact) mass is 322 g/mol. The van der Waals surface area contributed by atoms with Crippen molar-refractivity contribution in [3.05, 3.63) is 35.6 Å². The molecule has 1 aromatic rings. The van der Waals surface area contributed by atoms with Gasteiger partial charge >= 0.3 is 11.8 Å². The van der Waals surface area contributed by atoms with Crippen molar-refractivity contribution >= 4 is 11.8 Å². The number of rotatable bonds is 10. The van der Waals surface area contributed by atoms with Crippen molar-refractivity contribution in [1.82, 2.24) is 10.6 Å². The highest BCUT2D eigenvalue weighted by Gasteiger charge is 2.11. The van der Waals surface area contributed by atoms with E-state index in [4.69, 9.17) is 0 Å². The van der Waals surface area contributed by atoms with Crippen LogP contribution in [0.5, 0.6) is 0 Å². The fourth-order valence-electron chi connectivity index (χ4n) is 2.23. The van der Waals surface area contributed by atoms with Crippen LogP contribution in [0.1, 0.15) is 57.4 Å². The molecule has 0 saturated heterocycles. The Morgan fingerprint density at radius 2 is 1.43 bits per heavy atom. The third-order valence-electron chi connectivity index (χ3n) is 3.64. The normalized spacial score (nSPS) is 10.3. The van der Waals surface area contributed by atoms with Gasteiger partial charge in [-0.15, -0.1) is 0 Å². The van der Waals surface area contributed by atoms with Crippen LogP contribution in [0.2, 0.25) is 0 Å². The van der Waals surface area contributed by atoms with Crippen molar-refractivity contribution in [2.75, 3.05) is 6.54 Å². The molecule has 23 heavy (non-hydrogen) atoms. The molecule has 128 valence electrons. The van der Waals surface area contributed by atoms with Gasteiger partial charge < -0.3 is 10.6 Å². The molecule has 1 aromatic carbocycles. The summed E-state index contributed by atoms with van der Waals surface area (Å²) in [5.74, 6) is -1.59. The molecular weight excluding hydrogens is 295 g/mol. The molecule has 0 bridgehead atoms. The number of nitrogens with one attached hydrogen (secondary N) is 2. The van der Waals surface area contributed by atoms with Crippen LogP contribution >= 0.6 is 0 Å². The Labute approximate surface area is 137 Å². The second-order valence-corrected chi connectivity index (χ2v) is 5.69. The average Bonchev–Trinajstić information content (AvgIpc) is 2.56. The topological polar surface area (TPSA) is 58.2 Å². The van der Waals surface area contributed by atoms with Gasteiger partial charge in [0.05, 0.1) is 0 Å². The molecular formula is C18H27FN2O2. The zero-order valence-corrected chi connectivity index (χ0v) is 13.9. The lowest BCUT2D eigenvalue weighted by Crippen LogP contribution is -2.39. The summed E-state index contributed by atoms with van der Waals surface area (Å²) < 4.78 is 12.8. The molecule has 0 aliphatic carbocycles. The summed E-state index contributed by atoms with van der Waals surface area (Å²) in [6.07, 6.45) is 8.17. The minimum absolute atomic E-state index is 0.212. The van der Waals surface area contributed by atoms with Crippen molar-refractivity contribution in [2.45, 2.75) is 58.4 Å². The van der Waals surface area contributed by atoms with Gasteiger partial charge in [-0.3, -0.25) is 9.59 Å². The van der Waals surface area contributed by atoms with Crippen LogP contribution in [0, 0.1) is 5.82 Å². The van der Waals surface area contributed by atoms with Gasteiger partial charge in [-0.05, 0) is 24.1 Å². The van der Waals surface area contributed by atoms with Crippen LogP contribution in [0.25, 0.3) is 0 Å². The Morgan fingerprint density at radius 3 is 2.09 bits per heavy atom. The summed E-state index contributed by atoms with van der Waals surface area (Å²) >= 11 is 0. The standard InChI is InChI=1S/C18H27FN2O2/c1-2-3-4-5-6-7-8-13-20-17(22)18(23)21-14-15-9-11-16(19)12-10-15/h9-12H,2-8,13-14H2,1H3,(H,20,22)(H,21,23). The first-order chi connectivity index (χ1) is 11.1. The fourth-order valence-corrected chi connectivity index (χ4v) is 2.23. The number of carbonyl (C=O) groups excluding carboxylic acids is 2. The van der Waals surface area contributed by atoms with E-state index in [-0.39, 0.29) is 12.4 Å². The SMILES string of the molecule is CCCCCCCCCNC(=O)C(=O)NCc1ccc(F)cc1. The number of hydrogen-bond donors (Lipinski definition) is 2. The molecule has 0 fully saturated rings. The predicted molar refractivity (Wildman–Crippen MR) is 89.2 cm³/mol. The number of hydrogen-bond acceptors (Lipinski definition) is 2. The quantitative estimate of drug-likeness (QED) is 0.513. The highest BCUT2D eigenvalue weighted by molar-refractivity contribution is 6.35. The van der Waals surface area contributed by atoms with Crippen molar-refractivity contribution in [1.29, 1.82) is 0 Å². The van der Waals surface area contributed by atoms with E-state index in [1.165, 1.54) is 44.2 Å². The van der Waals surface area contributed by atoms with Crippen LogP contribution in [0.15, 0.2) is 24.3 Å². The minimum Gasteiger partial charge on any atom is -0.348 e. The largest absolute Gasteiger partial charge is 0.348 e. The zero-order chi connectivity index (χ0) is 16.9. The highest BCUT2D eigenvalue weighted by Crippen LogP contribution is 2.06. The molecule has 0 aliphatic rings. The lowest BCUT2D eigenvalue weighted by atomic mass is 10.1. The number of amides is 2. The zero-order valence-electron chi connectivity index (χ0n) is 13.9. The maximum absolute atomic E-state index is 12.8. The Kier molecular flexibility index (Phi) is 9.68. The smallest absolute Gasteiger partial charge is 0.309 e. The summed E-state index contributed by atoms with van der Waals surface area (Å²) in [7, 11) is 0. The van der Waals surface area contributed by atoms with E-state index >= 15 is 0 Å². The van der Waals surface area contributed by atoms with Crippen molar-refractivity contribution < 1.29 is 14.0 Å². The van der Waals surface area contributed by atoms with Gasteiger partial charge in [-0.1, -0.05) is 57.6 Å². The lowest BCUT2D eigenvalue weighted by molar-refractivity contribution is -0.139. The summed E-state index contributed by atoms with van der Waals surface area (Å²) in [4.78, 5) is 23.2. The number of carbonyl (C=O) groups is 2. The van der Waals surface area contributed by atoms with E-state index in [1.54, 1.807) is 12.1 Å². The van der Waals surface area contributed by atoms with Gasteiger partial charge in [0.15, 0.2) is 0 Å². The number of unbranched alkanes of at least 4 members (excludes halogenated alkanes) is 6. The van der Waals surface area contributed by atoms with Crippen molar-refractivity contribution in [2.24, 2.45) is 0 Å². The van der Waals surface area contributed by atoms with E-state index in [1.807, 2.05) is 0 Å². The summed E-state index contributed by atoms with van der Waals surface area (Å²) in [5.41, 5.74) is 0.750. The summed E-state index contributed by atoms with van der Waals surface area (Å²) in [5, 5.41) is 5.14. The first kappa shape index (κ1) is 19.1. The van der Waals surface area contributed by atoms with Gasteiger partial charge in [0.1, 0.15) is 5.82 Å². The van der Waals surface area contributed by atoms with Gasteiger partial charge in [-0.2, -0.15) is 0 Å². The highest BCUT2D eigenvalue weighted by atomic mass is 19.1. The van der Waals surface area contributed by atoms with Gasteiger partial charge in [0, 0.05) is 13.1 Å². The van der Waals surface area contributed by atoms with Gasteiger partial charge in [0.2, 0.25) is 0 Å². The molecule has 0 heterocycles. The molecule has 2 N–H and O–H groups in total. The minimum atomic E-state index is -0.655. The van der Waals surface area contributed by atoms with Crippen LogP contribution in [-0.4, -0.2) is 18.4 Å². The lowest BCUT2D eigenvalue weighted by Gasteiger charge is -2.07. The van der Waals surface area contributed by atoms with Crippen LogP contribution in [-0.2, 0) is 16.1 Å². The molecule has 0 unspecified atom stereocenters. The predicted octanol–water partition coefficient (Wildman–Crippen LogP) is 3.31. The molecule has 0 spiro atoms. The third-order valence-corrected chi connectivity index (χ3v) is 3.64. The molecule has 0 aromatic heterocycles. The van der Waals surface area contributed by atoms with Crippen LogP contribution < -0.4 is 10.6 Å². The average molecular weight is 322 g/mol. The molecule has 1 rings (SSSR count). The van der Waals surface area contributed by atoms with Crippen LogP contribution in [0.4, 0.5) is 4.39 Å². The van der Waals surface area contributed by atoms with E-state index < -0.39 is 11.8 Å². The van der Waals surface area contributed by atoms with Gasteiger partial charge in [-0.25, -0.2) is 4.39 Å². The Balaban J connectivity index is 2.07. The summed E-state index contributed by atoms with van der Waals surface area (Å²) in [6, 6.07) is 5.79. The Hall–Kier alpha value is -1.91. The van der Waals surface area contributed by atoms with Crippen molar-refractivity contribution in [3.63, 3.8) is 0 Å². The first-order valence-electron chi connectivity index (χ1n) is 8.44. The third kappa shape index (κ3) is 8.96. The number of halogens is 1. The van der Waals surface area contributed by atoms with Gasteiger partial charge in [0.25, 0.3) is 0 Å². The first-order valence-corrected chi connectivity index (χ1v) is 8.44. The molecule has 5 heteroatoms. The van der Waals surface area contributed by atoms with Crippen molar-refractivity contribution in [3.8, 4) is 0 Å². The van der Waals surface area contributed by atoms with Crippen LogP contribution in [0.3, 0.4) is 0 Å². The molecule has 4 nitrogen and oxygen atoms in total. The van der Waals surface area contributed by atoms with E-state index in [0.29, 0.717) is 6.54 Å². The second-order valence-electron chi connectivity index (χ2n) is 5.69. The van der Waals surface area contributed by atoms with E-state index in [9.17, 15) is 14.0 Å². The second kappa shape index (κ2) is 11.6. The number of benzene rings is 1. The van der Waals surface area contributed by atoms with E-state index in [2.05, 4.69) is 17.6 Å². The molecule has 0 saturated carbocycles. The maximum Gasteiger partial charge on any atom is 0.309 e.